The number of fused-ring (bicyclic) bond motifs is 2. The lowest BCUT2D eigenvalue weighted by Crippen LogP contribution is -2.22. The van der Waals surface area contributed by atoms with E-state index < -0.39 is 49.3 Å². The third-order valence-corrected chi connectivity index (χ3v) is 4.47. The summed E-state index contributed by atoms with van der Waals surface area (Å²) < 4.78 is 31.8. The minimum Gasteiger partial charge on any atom is -0.507 e. The van der Waals surface area contributed by atoms with Gasteiger partial charge in [0, 0.05) is 11.1 Å². The van der Waals surface area contributed by atoms with E-state index in [1.165, 1.54) is 18.2 Å². The Labute approximate surface area is 129 Å². The lowest BCUT2D eigenvalue weighted by molar-refractivity contribution is 0.0974. The van der Waals surface area contributed by atoms with Crippen LogP contribution in [0.25, 0.3) is 0 Å². The number of anilines is 1. The first-order valence-electron chi connectivity index (χ1n) is 6.19. The maximum atomic E-state index is 12.5. The number of ketones is 2. The molecule has 118 valence electrons. The molecule has 2 aromatic rings. The standard InChI is InChI=1S/C14H9NO7S/c15-7-4-6-10(13(19)14(7)23(20,21)22)11(17)5-2-1-3-8(16)9(5)12(6)18/h1-4,16,19H,15H2,(H,20,21,22). The summed E-state index contributed by atoms with van der Waals surface area (Å²) in [5, 5.41) is 19.9. The zero-order valence-corrected chi connectivity index (χ0v) is 12.1. The van der Waals surface area contributed by atoms with Crippen molar-refractivity contribution in [2.75, 3.05) is 5.73 Å². The second-order valence-corrected chi connectivity index (χ2v) is 6.26. The molecule has 0 saturated heterocycles. The zero-order valence-electron chi connectivity index (χ0n) is 11.3. The Balaban J connectivity index is 2.44. The summed E-state index contributed by atoms with van der Waals surface area (Å²) in [6.45, 7) is 0. The fraction of sp³-hybridized carbons (Fsp3) is 0. The summed E-state index contributed by atoms with van der Waals surface area (Å²) in [5.41, 5.74) is 3.48. The third kappa shape index (κ3) is 1.98. The number of nitrogen functional groups attached to an aromatic ring is 1. The highest BCUT2D eigenvalue weighted by Gasteiger charge is 2.37. The average molecular weight is 335 g/mol. The van der Waals surface area contributed by atoms with Gasteiger partial charge in [0.2, 0.25) is 0 Å². The van der Waals surface area contributed by atoms with Crippen LogP contribution in [0.5, 0.6) is 11.5 Å². The molecule has 1 aliphatic carbocycles. The molecule has 3 rings (SSSR count). The summed E-state index contributed by atoms with van der Waals surface area (Å²) in [6.07, 6.45) is 0. The van der Waals surface area contributed by atoms with Crippen LogP contribution in [0.4, 0.5) is 5.69 Å². The first kappa shape index (κ1) is 15.0. The molecule has 5 N–H and O–H groups in total. The van der Waals surface area contributed by atoms with Crippen LogP contribution in [0.3, 0.4) is 0 Å². The molecule has 23 heavy (non-hydrogen) atoms. The fourth-order valence-electron chi connectivity index (χ4n) is 2.59. The van der Waals surface area contributed by atoms with Crippen molar-refractivity contribution >= 4 is 27.4 Å². The van der Waals surface area contributed by atoms with Gasteiger partial charge in [0.15, 0.2) is 22.2 Å². The van der Waals surface area contributed by atoms with Crippen molar-refractivity contribution in [1.29, 1.82) is 0 Å². The van der Waals surface area contributed by atoms with Crippen molar-refractivity contribution in [3.05, 3.63) is 46.5 Å². The van der Waals surface area contributed by atoms with Gasteiger partial charge in [-0.3, -0.25) is 14.1 Å². The van der Waals surface area contributed by atoms with Crippen LogP contribution in [0.2, 0.25) is 0 Å². The molecule has 0 fully saturated rings. The first-order chi connectivity index (χ1) is 10.6. The van der Waals surface area contributed by atoms with Crippen LogP contribution in [-0.2, 0) is 10.1 Å². The number of benzene rings is 2. The van der Waals surface area contributed by atoms with Gasteiger partial charge in [-0.05, 0) is 12.1 Å². The van der Waals surface area contributed by atoms with Crippen LogP contribution < -0.4 is 5.73 Å². The van der Waals surface area contributed by atoms with Gasteiger partial charge < -0.3 is 15.9 Å². The molecule has 1 aliphatic rings. The predicted octanol–water partition coefficient (Wildman–Crippen LogP) is 0.702. The number of hydrogen-bond acceptors (Lipinski definition) is 7. The summed E-state index contributed by atoms with van der Waals surface area (Å²) in [7, 11) is -4.91. The van der Waals surface area contributed by atoms with E-state index in [0.29, 0.717) is 0 Å². The lowest BCUT2D eigenvalue weighted by Gasteiger charge is -2.20. The molecule has 0 heterocycles. The minimum atomic E-state index is -4.91. The maximum Gasteiger partial charge on any atom is 0.300 e. The van der Waals surface area contributed by atoms with Crippen molar-refractivity contribution in [1.82, 2.24) is 0 Å². The highest BCUT2D eigenvalue weighted by molar-refractivity contribution is 7.86. The molecule has 0 atom stereocenters. The van der Waals surface area contributed by atoms with Crippen LogP contribution >= 0.6 is 0 Å². The highest BCUT2D eigenvalue weighted by Crippen LogP contribution is 2.41. The highest BCUT2D eigenvalue weighted by atomic mass is 32.2. The average Bonchev–Trinajstić information content (AvgIpc) is 2.42. The van der Waals surface area contributed by atoms with E-state index in [0.717, 1.165) is 6.07 Å². The van der Waals surface area contributed by atoms with Gasteiger partial charge in [0.05, 0.1) is 16.8 Å². The van der Waals surface area contributed by atoms with Crippen molar-refractivity contribution < 1.29 is 32.8 Å². The zero-order chi connectivity index (χ0) is 17.1. The minimum absolute atomic E-state index is 0.191. The smallest absolute Gasteiger partial charge is 0.300 e. The van der Waals surface area contributed by atoms with E-state index in [-0.39, 0.29) is 16.7 Å². The Morgan fingerprint density at radius 1 is 0.957 bits per heavy atom. The molecule has 2 aromatic carbocycles. The quantitative estimate of drug-likeness (QED) is 0.374. The van der Waals surface area contributed by atoms with Crippen molar-refractivity contribution in [2.45, 2.75) is 4.90 Å². The second-order valence-electron chi connectivity index (χ2n) is 4.90. The van der Waals surface area contributed by atoms with Gasteiger partial charge in [-0.1, -0.05) is 12.1 Å². The third-order valence-electron chi connectivity index (χ3n) is 3.53. The van der Waals surface area contributed by atoms with E-state index in [1.54, 1.807) is 0 Å². The van der Waals surface area contributed by atoms with Gasteiger partial charge >= 0.3 is 0 Å². The molecule has 0 radical (unpaired) electrons. The van der Waals surface area contributed by atoms with Crippen molar-refractivity contribution in [3.8, 4) is 11.5 Å². The topological polar surface area (TPSA) is 155 Å². The predicted molar refractivity (Wildman–Crippen MR) is 77.3 cm³/mol. The number of aromatic hydroxyl groups is 2. The molecule has 0 aromatic heterocycles. The number of rotatable bonds is 1. The molecule has 8 nitrogen and oxygen atoms in total. The van der Waals surface area contributed by atoms with E-state index in [2.05, 4.69) is 0 Å². The Kier molecular flexibility index (Phi) is 2.96. The Morgan fingerprint density at radius 2 is 1.57 bits per heavy atom. The monoisotopic (exact) mass is 335 g/mol. The first-order valence-corrected chi connectivity index (χ1v) is 7.63. The number of nitrogens with two attached hydrogens (primary N) is 1. The molecule has 0 unspecified atom stereocenters. The lowest BCUT2D eigenvalue weighted by atomic mass is 9.83. The Bertz CT molecular complexity index is 1010. The summed E-state index contributed by atoms with van der Waals surface area (Å²) in [6, 6.07) is 4.65. The van der Waals surface area contributed by atoms with E-state index >= 15 is 0 Å². The normalized spacial score (nSPS) is 13.6. The van der Waals surface area contributed by atoms with Crippen LogP contribution in [0.1, 0.15) is 31.8 Å². The van der Waals surface area contributed by atoms with E-state index in [1.807, 2.05) is 0 Å². The Morgan fingerprint density at radius 3 is 2.17 bits per heavy atom. The SMILES string of the molecule is Nc1cc2c(c(O)c1S(=O)(=O)O)C(=O)c1cccc(O)c1C2=O. The van der Waals surface area contributed by atoms with Gasteiger partial charge in [0.1, 0.15) is 5.75 Å². The van der Waals surface area contributed by atoms with Crippen LogP contribution in [0.15, 0.2) is 29.2 Å². The van der Waals surface area contributed by atoms with Gasteiger partial charge in [-0.25, -0.2) is 0 Å². The molecule has 0 amide bonds. The largest absolute Gasteiger partial charge is 0.507 e. The molecule has 0 aliphatic heterocycles. The van der Waals surface area contributed by atoms with Gasteiger partial charge in [-0.2, -0.15) is 8.42 Å². The van der Waals surface area contributed by atoms with E-state index in [9.17, 15) is 28.2 Å². The maximum absolute atomic E-state index is 12.5. The Hall–Kier alpha value is -2.91. The number of phenols is 2. The number of carbonyl (C=O) groups excluding carboxylic acids is 2. The van der Waals surface area contributed by atoms with Crippen molar-refractivity contribution in [2.24, 2.45) is 0 Å². The van der Waals surface area contributed by atoms with Crippen molar-refractivity contribution in [3.63, 3.8) is 0 Å². The number of carbonyl (C=O) groups is 2. The molecule has 0 spiro atoms. The summed E-state index contributed by atoms with van der Waals surface area (Å²) in [4.78, 5) is 23.9. The van der Waals surface area contributed by atoms with Gasteiger partial charge in [0.25, 0.3) is 10.1 Å². The van der Waals surface area contributed by atoms with Crippen LogP contribution in [0, 0.1) is 0 Å². The number of phenolic OH excluding ortho intramolecular Hbond substituents is 2. The van der Waals surface area contributed by atoms with E-state index in [4.69, 9.17) is 10.3 Å². The molecular weight excluding hydrogens is 326 g/mol. The number of hydrogen-bond donors (Lipinski definition) is 4. The second kappa shape index (κ2) is 4.54. The molecule has 0 saturated carbocycles. The summed E-state index contributed by atoms with van der Waals surface area (Å²) >= 11 is 0. The molecular formula is C14H9NO7S. The summed E-state index contributed by atoms with van der Waals surface area (Å²) in [5.74, 6) is -3.19. The van der Waals surface area contributed by atoms with Gasteiger partial charge in [-0.15, -0.1) is 0 Å². The molecule has 0 bridgehead atoms. The molecule has 9 heteroatoms. The fourth-order valence-corrected chi connectivity index (χ4v) is 3.29. The van der Waals surface area contributed by atoms with Crippen LogP contribution in [-0.4, -0.2) is 34.8 Å².